The first-order chi connectivity index (χ1) is 12.7. The second-order valence-electron chi connectivity index (χ2n) is 5.97. The summed E-state index contributed by atoms with van der Waals surface area (Å²) in [7, 11) is 0. The van der Waals surface area contributed by atoms with Gasteiger partial charge in [-0.25, -0.2) is 4.98 Å². The second kappa shape index (κ2) is 6.90. The van der Waals surface area contributed by atoms with Gasteiger partial charge in [0, 0.05) is 11.1 Å². The molecule has 0 saturated carbocycles. The Kier molecular flexibility index (Phi) is 4.29. The third-order valence-electron chi connectivity index (χ3n) is 4.15. The summed E-state index contributed by atoms with van der Waals surface area (Å²) in [6.45, 7) is 1.66. The van der Waals surface area contributed by atoms with Crippen LogP contribution in [-0.4, -0.2) is 20.3 Å². The molecule has 0 saturated heterocycles. The highest BCUT2D eigenvalue weighted by atomic mass is 16.3. The fourth-order valence-corrected chi connectivity index (χ4v) is 2.83. The highest BCUT2D eigenvalue weighted by Crippen LogP contribution is 2.37. The molecule has 2 aromatic heterocycles. The van der Waals surface area contributed by atoms with E-state index in [0.29, 0.717) is 17.3 Å². The fourth-order valence-electron chi connectivity index (χ4n) is 2.83. The first-order valence-corrected chi connectivity index (χ1v) is 8.34. The van der Waals surface area contributed by atoms with Crippen molar-refractivity contribution in [1.82, 2.24) is 15.2 Å². The molecule has 0 aliphatic carbocycles. The Balaban J connectivity index is 1.98. The van der Waals surface area contributed by atoms with Crippen LogP contribution in [0.4, 0.5) is 0 Å². The van der Waals surface area contributed by atoms with Crippen LogP contribution >= 0.6 is 0 Å². The van der Waals surface area contributed by atoms with Crippen molar-refractivity contribution >= 4 is 0 Å². The van der Waals surface area contributed by atoms with Gasteiger partial charge in [0.25, 0.3) is 0 Å². The molecule has 26 heavy (non-hydrogen) atoms. The molecule has 0 radical (unpaired) electrons. The number of hydrogen-bond acceptors (Lipinski definition) is 5. The minimum absolute atomic E-state index is 0.411. The second-order valence-corrected chi connectivity index (χ2v) is 5.97. The third kappa shape index (κ3) is 3.00. The summed E-state index contributed by atoms with van der Waals surface area (Å²) in [4.78, 5) is 4.47. The maximum Gasteiger partial charge on any atom is 0.229 e. The number of aromatic nitrogens is 3. The number of benzene rings is 2. The number of oxazole rings is 1. The van der Waals surface area contributed by atoms with Crippen LogP contribution in [0.1, 0.15) is 18.7 Å². The number of nitrogens with zero attached hydrogens (tertiary/aromatic N) is 3. The van der Waals surface area contributed by atoms with Crippen LogP contribution in [-0.2, 0) is 0 Å². The van der Waals surface area contributed by atoms with Gasteiger partial charge in [-0.15, -0.1) is 5.10 Å². The Morgan fingerprint density at radius 1 is 0.923 bits per heavy atom. The van der Waals surface area contributed by atoms with Crippen molar-refractivity contribution in [3.63, 3.8) is 0 Å². The maximum atomic E-state index is 9.81. The molecule has 2 heterocycles. The molecule has 0 spiro atoms. The minimum atomic E-state index is -0.706. The molecule has 5 nitrogen and oxygen atoms in total. The van der Waals surface area contributed by atoms with Gasteiger partial charge in [-0.3, -0.25) is 0 Å². The molecular weight excluding hydrogens is 326 g/mol. The van der Waals surface area contributed by atoms with E-state index in [0.717, 1.165) is 22.3 Å². The lowest BCUT2D eigenvalue weighted by Crippen LogP contribution is -1.97. The zero-order chi connectivity index (χ0) is 17.9. The van der Waals surface area contributed by atoms with E-state index in [9.17, 15) is 5.11 Å². The van der Waals surface area contributed by atoms with E-state index in [2.05, 4.69) is 15.2 Å². The lowest BCUT2D eigenvalue weighted by Gasteiger charge is -2.11. The summed E-state index contributed by atoms with van der Waals surface area (Å²) in [5.41, 5.74) is 4.71. The van der Waals surface area contributed by atoms with Gasteiger partial charge in [0.15, 0.2) is 0 Å². The van der Waals surface area contributed by atoms with Gasteiger partial charge in [-0.1, -0.05) is 60.7 Å². The van der Waals surface area contributed by atoms with Gasteiger partial charge >= 0.3 is 0 Å². The zero-order valence-corrected chi connectivity index (χ0v) is 14.2. The highest BCUT2D eigenvalue weighted by Gasteiger charge is 2.21. The summed E-state index contributed by atoms with van der Waals surface area (Å²) < 4.78 is 5.70. The summed E-state index contributed by atoms with van der Waals surface area (Å²) in [5.74, 6) is 0.411. The minimum Gasteiger partial charge on any atom is -0.444 e. The van der Waals surface area contributed by atoms with E-state index in [4.69, 9.17) is 4.42 Å². The number of hydrogen-bond donors (Lipinski definition) is 1. The van der Waals surface area contributed by atoms with Crippen molar-refractivity contribution in [3.05, 3.63) is 78.8 Å². The molecule has 0 bridgehead atoms. The van der Waals surface area contributed by atoms with E-state index < -0.39 is 6.10 Å². The molecule has 1 unspecified atom stereocenters. The molecule has 0 amide bonds. The Morgan fingerprint density at radius 2 is 1.58 bits per heavy atom. The summed E-state index contributed by atoms with van der Waals surface area (Å²) in [6, 6.07) is 19.7. The average molecular weight is 343 g/mol. The topological polar surface area (TPSA) is 72.0 Å². The van der Waals surface area contributed by atoms with Crippen LogP contribution in [0, 0.1) is 0 Å². The number of aliphatic hydroxyl groups excluding tert-OH is 1. The monoisotopic (exact) mass is 343 g/mol. The van der Waals surface area contributed by atoms with E-state index in [1.54, 1.807) is 13.1 Å². The largest absolute Gasteiger partial charge is 0.444 e. The fraction of sp³-hybridized carbons (Fsp3) is 0.0952. The van der Waals surface area contributed by atoms with Crippen molar-refractivity contribution in [3.8, 4) is 33.8 Å². The molecule has 0 aliphatic rings. The van der Waals surface area contributed by atoms with Crippen molar-refractivity contribution in [2.24, 2.45) is 0 Å². The number of rotatable bonds is 4. The van der Waals surface area contributed by atoms with E-state index >= 15 is 0 Å². The van der Waals surface area contributed by atoms with Crippen LogP contribution in [0.5, 0.6) is 0 Å². The normalized spacial score (nSPS) is 12.1. The summed E-state index contributed by atoms with van der Waals surface area (Å²) >= 11 is 0. The van der Waals surface area contributed by atoms with E-state index in [1.807, 2.05) is 60.7 Å². The van der Waals surface area contributed by atoms with Gasteiger partial charge in [0.1, 0.15) is 17.7 Å². The van der Waals surface area contributed by atoms with Gasteiger partial charge in [0.2, 0.25) is 5.89 Å². The SMILES string of the molecule is CC(O)c1coc(-c2c(-c3ccccc3)cnnc2-c2ccccc2)n1. The van der Waals surface area contributed by atoms with Crippen LogP contribution in [0.2, 0.25) is 0 Å². The molecule has 1 atom stereocenters. The lowest BCUT2D eigenvalue weighted by molar-refractivity contribution is 0.194. The van der Waals surface area contributed by atoms with Crippen molar-refractivity contribution < 1.29 is 9.52 Å². The Labute approximate surface area is 151 Å². The maximum absolute atomic E-state index is 9.81. The Bertz CT molecular complexity index is 954. The first kappa shape index (κ1) is 16.2. The van der Waals surface area contributed by atoms with Crippen LogP contribution in [0.15, 0.2) is 77.5 Å². The Hall–Kier alpha value is -3.31. The quantitative estimate of drug-likeness (QED) is 0.590. The predicted molar refractivity (Wildman–Crippen MR) is 99.0 cm³/mol. The van der Waals surface area contributed by atoms with Crippen LogP contribution in [0.25, 0.3) is 33.8 Å². The molecule has 5 heteroatoms. The predicted octanol–water partition coefficient (Wildman–Crippen LogP) is 4.52. The van der Waals surface area contributed by atoms with Crippen molar-refractivity contribution in [2.45, 2.75) is 13.0 Å². The van der Waals surface area contributed by atoms with Gasteiger partial charge < -0.3 is 9.52 Å². The van der Waals surface area contributed by atoms with E-state index in [1.165, 1.54) is 6.26 Å². The summed E-state index contributed by atoms with van der Waals surface area (Å²) in [5, 5.41) is 18.4. The van der Waals surface area contributed by atoms with Crippen LogP contribution < -0.4 is 0 Å². The average Bonchev–Trinajstić information content (AvgIpc) is 3.19. The number of aliphatic hydroxyl groups is 1. The molecule has 4 rings (SSSR count). The molecule has 128 valence electrons. The lowest BCUT2D eigenvalue weighted by atomic mass is 9.97. The highest BCUT2D eigenvalue weighted by molar-refractivity contribution is 5.89. The zero-order valence-electron chi connectivity index (χ0n) is 14.2. The Morgan fingerprint density at radius 3 is 2.19 bits per heavy atom. The van der Waals surface area contributed by atoms with Crippen LogP contribution in [0.3, 0.4) is 0 Å². The van der Waals surface area contributed by atoms with Gasteiger partial charge in [0.05, 0.1) is 17.9 Å². The molecule has 2 aromatic carbocycles. The van der Waals surface area contributed by atoms with E-state index in [-0.39, 0.29) is 0 Å². The van der Waals surface area contributed by atoms with Crippen molar-refractivity contribution in [1.29, 1.82) is 0 Å². The molecule has 0 fully saturated rings. The molecule has 4 aromatic rings. The first-order valence-electron chi connectivity index (χ1n) is 8.34. The molecular formula is C21H17N3O2. The smallest absolute Gasteiger partial charge is 0.229 e. The molecule has 1 N–H and O–H groups in total. The summed E-state index contributed by atoms with van der Waals surface area (Å²) in [6.07, 6.45) is 2.48. The van der Waals surface area contributed by atoms with Crippen molar-refractivity contribution in [2.75, 3.05) is 0 Å². The van der Waals surface area contributed by atoms with Gasteiger partial charge in [-0.2, -0.15) is 5.10 Å². The molecule has 0 aliphatic heterocycles. The third-order valence-corrected chi connectivity index (χ3v) is 4.15. The van der Waals surface area contributed by atoms with Gasteiger partial charge in [-0.05, 0) is 12.5 Å². The standard InChI is InChI=1S/C21H17N3O2/c1-14(25)18-13-26-21(23-18)19-17(15-8-4-2-5-9-15)12-22-24-20(19)16-10-6-3-7-11-16/h2-14,25H,1H3.